The molecule has 1 aliphatic heterocycles. The van der Waals surface area contributed by atoms with E-state index in [1.807, 2.05) is 19.1 Å². The van der Waals surface area contributed by atoms with Gasteiger partial charge < -0.3 is 9.80 Å². The number of nitrogens with one attached hydrogen (secondary N) is 1. The largest absolute Gasteiger partial charge is 0.344 e. The van der Waals surface area contributed by atoms with Gasteiger partial charge in [0.05, 0.1) is 31.1 Å². The molecule has 2 fully saturated rings. The van der Waals surface area contributed by atoms with E-state index in [0.29, 0.717) is 37.0 Å². The molecule has 2 aliphatic rings. The Balaban J connectivity index is 1.63. The minimum absolute atomic E-state index is 0.0876. The minimum Gasteiger partial charge on any atom is -0.344 e. The number of quaternary nitrogens is 1. The number of likely N-dealkylation sites (N-methyl/N-ethyl adjacent to an activating group) is 1. The van der Waals surface area contributed by atoms with Crippen molar-refractivity contribution in [1.29, 1.82) is 0 Å². The Morgan fingerprint density at radius 1 is 1.07 bits per heavy atom. The van der Waals surface area contributed by atoms with Crippen LogP contribution in [-0.4, -0.2) is 69.8 Å². The first kappa shape index (κ1) is 21.3. The summed E-state index contributed by atoms with van der Waals surface area (Å²) in [4.78, 5) is 15.3. The third-order valence-corrected chi connectivity index (χ3v) is 8.30. The Bertz CT molecular complexity index is 763. The monoisotopic (exact) mass is 408 g/mol. The van der Waals surface area contributed by atoms with Crippen LogP contribution in [-0.2, 0) is 14.8 Å². The summed E-state index contributed by atoms with van der Waals surface area (Å²) < 4.78 is 27.6. The lowest BCUT2D eigenvalue weighted by Crippen LogP contribution is -3.19. The standard InChI is InChI=1S/C21H33N3O3S/c1-17(21(25)22(2)3)23-13-15-24(16-14-23)28(26,27)20-11-9-19(10-12-20)18-7-5-4-6-8-18/h9-12,17-18H,4-8,13-16H2,1-3H3/p+1/t17-/m1/s1. The molecule has 0 unspecified atom stereocenters. The lowest BCUT2D eigenvalue weighted by atomic mass is 9.84. The predicted molar refractivity (Wildman–Crippen MR) is 110 cm³/mol. The van der Waals surface area contributed by atoms with Gasteiger partial charge in [0, 0.05) is 14.1 Å². The van der Waals surface area contributed by atoms with Crippen molar-refractivity contribution >= 4 is 15.9 Å². The highest BCUT2D eigenvalue weighted by Crippen LogP contribution is 2.33. The lowest BCUT2D eigenvalue weighted by Gasteiger charge is -2.34. The van der Waals surface area contributed by atoms with Gasteiger partial charge in [0.25, 0.3) is 5.91 Å². The van der Waals surface area contributed by atoms with Gasteiger partial charge in [-0.2, -0.15) is 4.31 Å². The highest BCUT2D eigenvalue weighted by atomic mass is 32.2. The first-order valence-electron chi connectivity index (χ1n) is 10.5. The molecule has 0 bridgehead atoms. The molecule has 1 saturated carbocycles. The molecule has 28 heavy (non-hydrogen) atoms. The van der Waals surface area contributed by atoms with Crippen LogP contribution in [0.1, 0.15) is 50.5 Å². The van der Waals surface area contributed by atoms with Crippen LogP contribution in [0.3, 0.4) is 0 Å². The number of amides is 1. The van der Waals surface area contributed by atoms with E-state index in [-0.39, 0.29) is 11.9 Å². The zero-order chi connectivity index (χ0) is 20.3. The first-order valence-corrected chi connectivity index (χ1v) is 11.9. The predicted octanol–water partition coefficient (Wildman–Crippen LogP) is 1.10. The smallest absolute Gasteiger partial charge is 0.280 e. The van der Waals surface area contributed by atoms with Gasteiger partial charge in [-0.05, 0) is 43.4 Å². The third kappa shape index (κ3) is 4.58. The molecule has 0 spiro atoms. The van der Waals surface area contributed by atoms with Crippen LogP contribution < -0.4 is 4.90 Å². The summed E-state index contributed by atoms with van der Waals surface area (Å²) in [6.45, 7) is 4.13. The number of piperazine rings is 1. The van der Waals surface area contributed by atoms with Crippen molar-refractivity contribution in [1.82, 2.24) is 9.21 Å². The number of benzene rings is 1. The van der Waals surface area contributed by atoms with E-state index in [1.54, 1.807) is 35.4 Å². The van der Waals surface area contributed by atoms with Crippen LogP contribution in [0.2, 0.25) is 0 Å². The molecular weight excluding hydrogens is 374 g/mol. The second kappa shape index (κ2) is 8.93. The summed E-state index contributed by atoms with van der Waals surface area (Å²) >= 11 is 0. The van der Waals surface area contributed by atoms with Gasteiger partial charge in [-0.3, -0.25) is 4.79 Å². The third-order valence-electron chi connectivity index (χ3n) is 6.38. The normalized spacial score (nSPS) is 21.4. The van der Waals surface area contributed by atoms with Crippen molar-refractivity contribution in [2.75, 3.05) is 40.3 Å². The molecule has 1 aromatic rings. The summed E-state index contributed by atoms with van der Waals surface area (Å²) in [5.41, 5.74) is 1.27. The van der Waals surface area contributed by atoms with Crippen LogP contribution in [0, 0.1) is 0 Å². The average molecular weight is 409 g/mol. The zero-order valence-corrected chi connectivity index (χ0v) is 18.2. The topological polar surface area (TPSA) is 62.1 Å². The van der Waals surface area contributed by atoms with Gasteiger partial charge in [-0.1, -0.05) is 31.4 Å². The molecule has 1 aromatic carbocycles. The van der Waals surface area contributed by atoms with Crippen LogP contribution in [0.15, 0.2) is 29.2 Å². The number of carbonyl (C=O) groups is 1. The van der Waals surface area contributed by atoms with E-state index >= 15 is 0 Å². The number of sulfonamides is 1. The van der Waals surface area contributed by atoms with Gasteiger partial charge in [-0.15, -0.1) is 0 Å². The van der Waals surface area contributed by atoms with Gasteiger partial charge >= 0.3 is 0 Å². The van der Waals surface area contributed by atoms with E-state index in [2.05, 4.69) is 0 Å². The molecule has 0 aromatic heterocycles. The summed E-state index contributed by atoms with van der Waals surface area (Å²) in [5.74, 6) is 0.665. The van der Waals surface area contributed by atoms with Crippen molar-refractivity contribution in [3.8, 4) is 0 Å². The molecule has 0 radical (unpaired) electrons. The molecule has 1 amide bonds. The summed E-state index contributed by atoms with van der Waals surface area (Å²) in [7, 11) is 0.0492. The maximum absolute atomic E-state index is 13.0. The fourth-order valence-corrected chi connectivity index (χ4v) is 5.95. The van der Waals surface area contributed by atoms with E-state index in [0.717, 1.165) is 4.90 Å². The Hall–Kier alpha value is -1.44. The van der Waals surface area contributed by atoms with Crippen LogP contribution in [0.25, 0.3) is 0 Å². The number of rotatable bonds is 5. The highest BCUT2D eigenvalue weighted by molar-refractivity contribution is 7.89. The van der Waals surface area contributed by atoms with Gasteiger partial charge in [0.1, 0.15) is 0 Å². The fraction of sp³-hybridized carbons (Fsp3) is 0.667. The molecule has 6 nitrogen and oxygen atoms in total. The number of nitrogens with zero attached hydrogens (tertiary/aromatic N) is 2. The minimum atomic E-state index is -3.47. The second-order valence-corrected chi connectivity index (χ2v) is 10.4. The maximum Gasteiger partial charge on any atom is 0.280 e. The van der Waals surface area contributed by atoms with Crippen molar-refractivity contribution in [2.45, 2.75) is 55.9 Å². The maximum atomic E-state index is 13.0. The molecule has 1 N–H and O–H groups in total. The Kier molecular flexibility index (Phi) is 6.78. The van der Waals surface area contributed by atoms with Crippen molar-refractivity contribution in [2.24, 2.45) is 0 Å². The van der Waals surface area contributed by atoms with Crippen LogP contribution in [0.5, 0.6) is 0 Å². The van der Waals surface area contributed by atoms with Gasteiger partial charge in [0.15, 0.2) is 6.04 Å². The van der Waals surface area contributed by atoms with Crippen molar-refractivity contribution in [3.63, 3.8) is 0 Å². The number of hydrogen-bond donors (Lipinski definition) is 1. The zero-order valence-electron chi connectivity index (χ0n) is 17.4. The van der Waals surface area contributed by atoms with Crippen molar-refractivity contribution < 1.29 is 18.1 Å². The van der Waals surface area contributed by atoms with Crippen LogP contribution >= 0.6 is 0 Å². The SMILES string of the molecule is C[C@H](C(=O)N(C)C)[NH+]1CCN(S(=O)(=O)c2ccc(C3CCCCC3)cc2)CC1. The van der Waals surface area contributed by atoms with E-state index in [4.69, 9.17) is 0 Å². The number of hydrogen-bond acceptors (Lipinski definition) is 3. The summed E-state index contributed by atoms with van der Waals surface area (Å²) in [6.07, 6.45) is 6.27. The molecule has 7 heteroatoms. The first-order chi connectivity index (χ1) is 13.3. The second-order valence-electron chi connectivity index (χ2n) is 8.42. The highest BCUT2D eigenvalue weighted by Gasteiger charge is 2.34. The average Bonchev–Trinajstić information content (AvgIpc) is 2.73. The quantitative estimate of drug-likeness (QED) is 0.794. The Labute approximate surface area is 169 Å². The molecule has 1 aliphatic carbocycles. The van der Waals surface area contributed by atoms with Gasteiger partial charge in [-0.25, -0.2) is 8.42 Å². The number of carbonyl (C=O) groups excluding carboxylic acids is 1. The fourth-order valence-electron chi connectivity index (χ4n) is 4.51. The Morgan fingerprint density at radius 3 is 2.18 bits per heavy atom. The molecule has 1 heterocycles. The molecular formula is C21H34N3O3S+. The lowest BCUT2D eigenvalue weighted by molar-refractivity contribution is -0.917. The molecule has 156 valence electrons. The van der Waals surface area contributed by atoms with Crippen molar-refractivity contribution in [3.05, 3.63) is 29.8 Å². The molecule has 1 saturated heterocycles. The van der Waals surface area contributed by atoms with Gasteiger partial charge in [0.2, 0.25) is 10.0 Å². The summed E-state index contributed by atoms with van der Waals surface area (Å²) in [5, 5.41) is 0. The molecule has 1 atom stereocenters. The van der Waals surface area contributed by atoms with E-state index in [9.17, 15) is 13.2 Å². The Morgan fingerprint density at radius 2 is 1.64 bits per heavy atom. The van der Waals surface area contributed by atoms with E-state index in [1.165, 1.54) is 37.7 Å². The summed E-state index contributed by atoms with van der Waals surface area (Å²) in [6, 6.07) is 7.41. The van der Waals surface area contributed by atoms with E-state index < -0.39 is 10.0 Å². The molecule has 3 rings (SSSR count). The van der Waals surface area contributed by atoms with Crippen LogP contribution in [0.4, 0.5) is 0 Å².